The molecule has 0 heterocycles. The van der Waals surface area contributed by atoms with Crippen LogP contribution >= 0.6 is 0 Å². The van der Waals surface area contributed by atoms with Crippen LogP contribution in [0.25, 0.3) is 0 Å². The normalized spacial score (nSPS) is 10.9. The predicted molar refractivity (Wildman–Crippen MR) is 119 cm³/mol. The molecule has 0 saturated heterocycles. The molecule has 2 nitrogen and oxygen atoms in total. The highest BCUT2D eigenvalue weighted by Crippen LogP contribution is 2.21. The zero-order valence-electron chi connectivity index (χ0n) is 18.5. The van der Waals surface area contributed by atoms with Crippen LogP contribution in [0.5, 0.6) is 0 Å². The summed E-state index contributed by atoms with van der Waals surface area (Å²) in [4.78, 5) is 5.55. The molecular weight excluding hydrogens is 320 g/mol. The van der Waals surface area contributed by atoms with E-state index in [1.54, 1.807) is 11.0 Å². The van der Waals surface area contributed by atoms with Crippen LogP contribution in [0.4, 0.5) is 0 Å². The van der Waals surface area contributed by atoms with Crippen LogP contribution in [0.3, 0.4) is 0 Å². The maximum absolute atomic E-state index is 2.77. The maximum atomic E-state index is 2.77. The van der Waals surface area contributed by atoms with Crippen molar-refractivity contribution >= 4 is 10.2 Å². The molecule has 0 fully saturated rings. The van der Waals surface area contributed by atoms with Gasteiger partial charge in [-0.3, -0.25) is 0 Å². The number of rotatable bonds is 17. The van der Waals surface area contributed by atoms with E-state index in [4.69, 9.17) is 0 Å². The van der Waals surface area contributed by atoms with Crippen molar-refractivity contribution in [1.82, 2.24) is 9.80 Å². The number of hydrogen-bond donors (Lipinski definition) is 0. The summed E-state index contributed by atoms with van der Waals surface area (Å²) in [6, 6.07) is 0. The third-order valence-electron chi connectivity index (χ3n) is 5.01. The molecule has 3 heteroatoms. The fraction of sp³-hybridized carbons (Fsp3) is 0.909. The van der Waals surface area contributed by atoms with Crippen molar-refractivity contribution in [2.24, 2.45) is 0 Å². The highest BCUT2D eigenvalue weighted by molar-refractivity contribution is 6.21. The van der Waals surface area contributed by atoms with E-state index in [9.17, 15) is 0 Å². The van der Waals surface area contributed by atoms with Gasteiger partial charge in [0.25, 0.3) is 0 Å². The minimum Gasteiger partial charge on any atom is -0.359 e. The van der Waals surface area contributed by atoms with Gasteiger partial charge in [0, 0.05) is 36.4 Å². The van der Waals surface area contributed by atoms with E-state index in [-0.39, 0.29) is 0 Å². The van der Waals surface area contributed by atoms with Gasteiger partial charge in [-0.05, 0) is 32.1 Å². The zero-order valence-corrected chi connectivity index (χ0v) is 20.5. The van der Waals surface area contributed by atoms with Gasteiger partial charge in [-0.1, -0.05) is 78.3 Å². The van der Waals surface area contributed by atoms with E-state index in [0.717, 1.165) is 0 Å². The van der Waals surface area contributed by atoms with E-state index in [1.165, 1.54) is 107 Å². The number of unbranched alkanes of at least 4 members (excludes halogenated alkanes) is 5. The van der Waals surface area contributed by atoms with Crippen molar-refractivity contribution in [3.8, 4) is 0 Å². The van der Waals surface area contributed by atoms with Crippen LogP contribution in [-0.4, -0.2) is 46.2 Å². The van der Waals surface area contributed by atoms with Gasteiger partial charge >= 0.3 is 0 Å². The first kappa shape index (κ1) is 24.6. The van der Waals surface area contributed by atoms with Crippen LogP contribution in [-0.2, 0) is 0 Å². The molecule has 0 aromatic rings. The topological polar surface area (TPSA) is 6.48 Å². The van der Waals surface area contributed by atoms with E-state index in [0.29, 0.717) is 0 Å². The molecule has 0 aromatic carbocycles. The lowest BCUT2D eigenvalue weighted by Crippen LogP contribution is -2.39. The Bertz CT molecular complexity index is 290. The van der Waals surface area contributed by atoms with Crippen molar-refractivity contribution < 1.29 is 0 Å². The lowest BCUT2D eigenvalue weighted by molar-refractivity contribution is 0.197. The molecule has 0 bridgehead atoms. The van der Waals surface area contributed by atoms with Crippen LogP contribution < -0.4 is 0 Å². The first-order valence-electron chi connectivity index (χ1n) is 11.4. The van der Waals surface area contributed by atoms with Gasteiger partial charge in [0.05, 0.1) is 5.82 Å². The van der Waals surface area contributed by atoms with E-state index >= 15 is 0 Å². The van der Waals surface area contributed by atoms with Crippen LogP contribution in [0, 0.1) is 0 Å². The third kappa shape index (κ3) is 11.0. The minimum atomic E-state index is 1.21. The zero-order chi connectivity index (χ0) is 18.9. The summed E-state index contributed by atoms with van der Waals surface area (Å²) in [5, 5.41) is 1.77. The molecule has 0 amide bonds. The minimum absolute atomic E-state index is 1.21. The standard InChI is InChI=1S/C22H48N2Si/c1-6-11-16-21(25)22(23(17-12-7-2)18-13-8-3)24(19-14-9-4)20-15-10-5/h6-20H2,1-5,25H3. The Morgan fingerprint density at radius 2 is 0.880 bits per heavy atom. The molecule has 0 aliphatic rings. The fourth-order valence-electron chi connectivity index (χ4n) is 3.34. The van der Waals surface area contributed by atoms with Crippen molar-refractivity contribution in [3.63, 3.8) is 0 Å². The summed E-state index contributed by atoms with van der Waals surface area (Å²) >= 11 is 0. The summed E-state index contributed by atoms with van der Waals surface area (Å²) in [6.07, 6.45) is 14.5. The highest BCUT2D eigenvalue weighted by Gasteiger charge is 2.18. The van der Waals surface area contributed by atoms with Gasteiger partial charge in [0.1, 0.15) is 0 Å². The second-order valence-electron chi connectivity index (χ2n) is 7.60. The lowest BCUT2D eigenvalue weighted by atomic mass is 10.2. The SMILES string of the molecule is CCCCC([SiH3])=C(N(CCCC)CCCC)N(CCCC)CCCC. The van der Waals surface area contributed by atoms with E-state index in [1.807, 2.05) is 0 Å². The Balaban J connectivity index is 5.52. The van der Waals surface area contributed by atoms with E-state index in [2.05, 4.69) is 44.4 Å². The Morgan fingerprint density at radius 3 is 1.16 bits per heavy atom. The molecule has 150 valence electrons. The fourth-order valence-corrected chi connectivity index (χ4v) is 4.32. The molecule has 0 aliphatic carbocycles. The van der Waals surface area contributed by atoms with Gasteiger partial charge in [0.15, 0.2) is 0 Å². The van der Waals surface area contributed by atoms with Gasteiger partial charge in [0.2, 0.25) is 0 Å². The number of allylic oxidation sites excluding steroid dienone is 1. The second kappa shape index (κ2) is 17.0. The summed E-state index contributed by atoms with van der Waals surface area (Å²) in [5.74, 6) is 1.66. The molecule has 0 spiro atoms. The monoisotopic (exact) mass is 368 g/mol. The summed E-state index contributed by atoms with van der Waals surface area (Å²) < 4.78 is 0. The molecule has 0 aliphatic heterocycles. The van der Waals surface area contributed by atoms with Gasteiger partial charge < -0.3 is 9.80 Å². The van der Waals surface area contributed by atoms with Gasteiger partial charge in [-0.25, -0.2) is 0 Å². The third-order valence-corrected chi connectivity index (χ3v) is 5.96. The first-order chi connectivity index (χ1) is 12.2. The molecule has 0 unspecified atom stereocenters. The molecular formula is C22H48N2Si. The molecule has 0 atom stereocenters. The Labute approximate surface area is 162 Å². The quantitative estimate of drug-likeness (QED) is 0.312. The number of nitrogens with zero attached hydrogens (tertiary/aromatic N) is 2. The highest BCUT2D eigenvalue weighted by atomic mass is 28.1. The molecule has 25 heavy (non-hydrogen) atoms. The number of hydrogen-bond acceptors (Lipinski definition) is 2. The lowest BCUT2D eigenvalue weighted by Gasteiger charge is -2.38. The van der Waals surface area contributed by atoms with Crippen molar-refractivity contribution in [2.75, 3.05) is 26.2 Å². The van der Waals surface area contributed by atoms with Crippen LogP contribution in [0.2, 0.25) is 0 Å². The molecule has 0 aromatic heterocycles. The van der Waals surface area contributed by atoms with Crippen molar-refractivity contribution in [3.05, 3.63) is 11.0 Å². The van der Waals surface area contributed by atoms with Crippen molar-refractivity contribution in [1.29, 1.82) is 0 Å². The average molecular weight is 369 g/mol. The predicted octanol–water partition coefficient (Wildman–Crippen LogP) is 5.52. The molecule has 0 rings (SSSR count). The Kier molecular flexibility index (Phi) is 16.7. The van der Waals surface area contributed by atoms with E-state index < -0.39 is 0 Å². The summed E-state index contributed by atoms with van der Waals surface area (Å²) in [7, 11) is 1.21. The Hall–Kier alpha value is -0.443. The average Bonchev–Trinajstić information content (AvgIpc) is 2.63. The van der Waals surface area contributed by atoms with Gasteiger partial charge in [-0.2, -0.15) is 0 Å². The molecule has 0 radical (unpaired) electrons. The summed E-state index contributed by atoms with van der Waals surface area (Å²) in [5.41, 5.74) is 0. The Morgan fingerprint density at radius 1 is 0.560 bits per heavy atom. The second-order valence-corrected chi connectivity index (χ2v) is 8.80. The van der Waals surface area contributed by atoms with Crippen molar-refractivity contribution in [2.45, 2.75) is 105 Å². The van der Waals surface area contributed by atoms with Gasteiger partial charge in [-0.15, -0.1) is 0 Å². The summed E-state index contributed by atoms with van der Waals surface area (Å²) in [6.45, 7) is 16.6. The smallest absolute Gasteiger partial charge is 0.0980 e. The molecule has 0 N–H and O–H groups in total. The maximum Gasteiger partial charge on any atom is 0.0980 e. The van der Waals surface area contributed by atoms with Crippen LogP contribution in [0.15, 0.2) is 11.0 Å². The molecule has 0 saturated carbocycles. The largest absolute Gasteiger partial charge is 0.359 e. The van der Waals surface area contributed by atoms with Crippen LogP contribution in [0.1, 0.15) is 105 Å². The first-order valence-corrected chi connectivity index (χ1v) is 12.4.